The van der Waals surface area contributed by atoms with Crippen LogP contribution in [0.15, 0.2) is 28.7 Å². The van der Waals surface area contributed by atoms with Crippen molar-refractivity contribution in [2.24, 2.45) is 0 Å². The topological polar surface area (TPSA) is 34.4 Å². The molecule has 2 rings (SSSR count). The Hall–Kier alpha value is -1.88. The van der Waals surface area contributed by atoms with Gasteiger partial charge in [0.25, 0.3) is 0 Å². The zero-order valence-electron chi connectivity index (χ0n) is 10.8. The highest BCUT2D eigenvalue weighted by Gasteiger charge is 2.08. The van der Waals surface area contributed by atoms with Gasteiger partial charge in [-0.05, 0) is 37.7 Å². The lowest BCUT2D eigenvalue weighted by Crippen LogP contribution is -2.04. The van der Waals surface area contributed by atoms with Gasteiger partial charge >= 0.3 is 0 Å². The maximum Gasteiger partial charge on any atom is 0.162 e. The summed E-state index contributed by atoms with van der Waals surface area (Å²) in [5.74, 6) is -0.0662. The zero-order chi connectivity index (χ0) is 13.8. The lowest BCUT2D eigenvalue weighted by atomic mass is 10.2. The van der Waals surface area contributed by atoms with Crippen LogP contribution in [0.2, 0.25) is 0 Å². The number of hydrogen-bond acceptors (Lipinski definition) is 3. The van der Waals surface area contributed by atoms with Gasteiger partial charge < -0.3 is 14.5 Å². The highest BCUT2D eigenvalue weighted by Crippen LogP contribution is 2.19. The monoisotopic (exact) mass is 267 g/mol. The van der Waals surface area contributed by atoms with E-state index in [0.717, 1.165) is 23.5 Å². The average molecular weight is 267 g/mol. The third-order valence-electron chi connectivity index (χ3n) is 2.68. The molecule has 102 valence electrons. The summed E-state index contributed by atoms with van der Waals surface area (Å²) in [4.78, 5) is 0. The molecule has 2 aromatic rings. The second-order valence-electron chi connectivity index (χ2n) is 4.21. The summed E-state index contributed by atoms with van der Waals surface area (Å²) in [6.07, 6.45) is 0. The third kappa shape index (κ3) is 3.32. The minimum Gasteiger partial charge on any atom is -0.486 e. The first-order chi connectivity index (χ1) is 9.10. The molecule has 1 N–H and O–H groups in total. The minimum atomic E-state index is -0.927. The quantitative estimate of drug-likeness (QED) is 0.903. The van der Waals surface area contributed by atoms with Crippen molar-refractivity contribution in [2.75, 3.05) is 7.05 Å². The molecule has 0 spiro atoms. The molecule has 0 atom stereocenters. The molecule has 3 nitrogen and oxygen atoms in total. The van der Waals surface area contributed by atoms with Crippen molar-refractivity contribution in [1.82, 2.24) is 5.32 Å². The second kappa shape index (κ2) is 5.84. The summed E-state index contributed by atoms with van der Waals surface area (Å²) in [6.45, 7) is 2.75. The van der Waals surface area contributed by atoms with E-state index in [1.807, 2.05) is 20.0 Å². The number of ether oxygens (including phenoxy) is 1. The first-order valence-corrected chi connectivity index (χ1v) is 5.91. The SMILES string of the molecule is CNCc1oc(COc2ccc(F)c(F)c2)cc1C. The van der Waals surface area contributed by atoms with E-state index >= 15 is 0 Å². The molecule has 1 aromatic carbocycles. The number of nitrogens with one attached hydrogen (secondary N) is 1. The fourth-order valence-corrected chi connectivity index (χ4v) is 1.72. The van der Waals surface area contributed by atoms with Crippen molar-refractivity contribution in [3.8, 4) is 5.75 Å². The van der Waals surface area contributed by atoms with Crippen molar-refractivity contribution in [2.45, 2.75) is 20.1 Å². The van der Waals surface area contributed by atoms with E-state index < -0.39 is 11.6 Å². The molecular weight excluding hydrogens is 252 g/mol. The molecule has 0 aliphatic rings. The number of aryl methyl sites for hydroxylation is 1. The Morgan fingerprint density at radius 1 is 1.21 bits per heavy atom. The van der Waals surface area contributed by atoms with Crippen LogP contribution in [0.25, 0.3) is 0 Å². The summed E-state index contributed by atoms with van der Waals surface area (Å²) in [5, 5.41) is 3.00. The molecule has 0 fully saturated rings. The second-order valence-corrected chi connectivity index (χ2v) is 4.21. The lowest BCUT2D eigenvalue weighted by Gasteiger charge is -2.04. The number of hydrogen-bond donors (Lipinski definition) is 1. The van der Waals surface area contributed by atoms with Crippen molar-refractivity contribution < 1.29 is 17.9 Å². The van der Waals surface area contributed by atoms with Crippen molar-refractivity contribution in [1.29, 1.82) is 0 Å². The summed E-state index contributed by atoms with van der Waals surface area (Å²) >= 11 is 0. The standard InChI is InChI=1S/C14H15F2NO2/c1-9-5-11(19-14(9)7-17-2)8-18-10-3-4-12(15)13(16)6-10/h3-6,17H,7-8H2,1-2H3. The Morgan fingerprint density at radius 3 is 2.68 bits per heavy atom. The van der Waals surface area contributed by atoms with Crippen LogP contribution in [0.3, 0.4) is 0 Å². The number of rotatable bonds is 5. The van der Waals surface area contributed by atoms with Crippen LogP contribution in [0, 0.1) is 18.6 Å². The van der Waals surface area contributed by atoms with Crippen LogP contribution < -0.4 is 10.1 Å². The van der Waals surface area contributed by atoms with Crippen LogP contribution in [0.5, 0.6) is 5.75 Å². The van der Waals surface area contributed by atoms with Gasteiger partial charge in [0.05, 0.1) is 6.54 Å². The average Bonchev–Trinajstić information content (AvgIpc) is 2.72. The molecule has 19 heavy (non-hydrogen) atoms. The maximum absolute atomic E-state index is 13.0. The number of benzene rings is 1. The summed E-state index contributed by atoms with van der Waals surface area (Å²) in [5.41, 5.74) is 1.03. The molecule has 0 amide bonds. The molecule has 0 saturated carbocycles. The molecule has 0 aliphatic carbocycles. The summed E-state index contributed by atoms with van der Waals surface area (Å²) in [6, 6.07) is 5.29. The van der Waals surface area contributed by atoms with Gasteiger partial charge in [0.2, 0.25) is 0 Å². The van der Waals surface area contributed by atoms with Gasteiger partial charge in [0, 0.05) is 6.07 Å². The summed E-state index contributed by atoms with van der Waals surface area (Å²) < 4.78 is 36.7. The Kier molecular flexibility index (Phi) is 4.16. The Bertz CT molecular complexity index is 567. The Morgan fingerprint density at radius 2 is 2.00 bits per heavy atom. The predicted molar refractivity (Wildman–Crippen MR) is 66.9 cm³/mol. The minimum absolute atomic E-state index is 0.176. The van der Waals surface area contributed by atoms with Crippen LogP contribution in [0.1, 0.15) is 17.1 Å². The van der Waals surface area contributed by atoms with Gasteiger partial charge in [0.1, 0.15) is 23.9 Å². The van der Waals surface area contributed by atoms with Gasteiger partial charge in [-0.1, -0.05) is 0 Å². The zero-order valence-corrected chi connectivity index (χ0v) is 10.8. The first kappa shape index (κ1) is 13.5. The van der Waals surface area contributed by atoms with Crippen molar-refractivity contribution in [3.63, 3.8) is 0 Å². The normalized spacial score (nSPS) is 10.7. The molecule has 0 unspecified atom stereocenters. The fourth-order valence-electron chi connectivity index (χ4n) is 1.72. The van der Waals surface area contributed by atoms with Crippen LogP contribution >= 0.6 is 0 Å². The van der Waals surface area contributed by atoms with E-state index in [1.165, 1.54) is 6.07 Å². The third-order valence-corrected chi connectivity index (χ3v) is 2.68. The highest BCUT2D eigenvalue weighted by molar-refractivity contribution is 5.24. The molecule has 0 saturated heterocycles. The van der Waals surface area contributed by atoms with Crippen LogP contribution in [0.4, 0.5) is 8.78 Å². The molecule has 5 heteroatoms. The van der Waals surface area contributed by atoms with E-state index in [9.17, 15) is 8.78 Å². The van der Waals surface area contributed by atoms with Gasteiger partial charge in [-0.25, -0.2) is 8.78 Å². The fraction of sp³-hybridized carbons (Fsp3) is 0.286. The van der Waals surface area contributed by atoms with Gasteiger partial charge in [0.15, 0.2) is 11.6 Å². The Balaban J connectivity index is 2.01. The van der Waals surface area contributed by atoms with Gasteiger partial charge in [-0.15, -0.1) is 0 Å². The largest absolute Gasteiger partial charge is 0.486 e. The van der Waals surface area contributed by atoms with E-state index in [1.54, 1.807) is 0 Å². The molecule has 1 heterocycles. The van der Waals surface area contributed by atoms with E-state index in [4.69, 9.17) is 9.15 Å². The number of furan rings is 1. The van der Waals surface area contributed by atoms with Crippen LogP contribution in [-0.4, -0.2) is 7.05 Å². The van der Waals surface area contributed by atoms with Crippen molar-refractivity contribution in [3.05, 3.63) is 53.0 Å². The highest BCUT2D eigenvalue weighted by atomic mass is 19.2. The molecule has 0 aliphatic heterocycles. The lowest BCUT2D eigenvalue weighted by molar-refractivity contribution is 0.263. The van der Waals surface area contributed by atoms with Crippen LogP contribution in [-0.2, 0) is 13.2 Å². The number of halogens is 2. The van der Waals surface area contributed by atoms with E-state index in [0.29, 0.717) is 12.3 Å². The van der Waals surface area contributed by atoms with Gasteiger partial charge in [-0.3, -0.25) is 0 Å². The van der Waals surface area contributed by atoms with E-state index in [2.05, 4.69) is 5.32 Å². The van der Waals surface area contributed by atoms with Gasteiger partial charge in [-0.2, -0.15) is 0 Å². The van der Waals surface area contributed by atoms with Crippen molar-refractivity contribution >= 4 is 0 Å². The molecule has 0 bridgehead atoms. The smallest absolute Gasteiger partial charge is 0.162 e. The molecular formula is C14H15F2NO2. The maximum atomic E-state index is 13.0. The summed E-state index contributed by atoms with van der Waals surface area (Å²) in [7, 11) is 1.83. The molecule has 0 radical (unpaired) electrons. The predicted octanol–water partition coefficient (Wildman–Crippen LogP) is 3.16. The Labute approximate surface area is 110 Å². The first-order valence-electron chi connectivity index (χ1n) is 5.91. The van der Waals surface area contributed by atoms with E-state index in [-0.39, 0.29) is 12.4 Å². The molecule has 1 aromatic heterocycles.